The number of aryl methyl sites for hydroxylation is 2. The molecule has 1 fully saturated rings. The Morgan fingerprint density at radius 3 is 2.76 bits per heavy atom. The van der Waals surface area contributed by atoms with Gasteiger partial charge in [0.15, 0.2) is 9.84 Å². The molecule has 1 atom stereocenters. The molecule has 1 aromatic heterocycles. The second-order valence-corrected chi connectivity index (χ2v) is 6.88. The lowest BCUT2D eigenvalue weighted by Gasteiger charge is -2.07. The van der Waals surface area contributed by atoms with Gasteiger partial charge in [0.05, 0.1) is 23.7 Å². The number of hydrogen-bond acceptors (Lipinski definition) is 5. The average molecular weight is 258 g/mol. The number of nitrogens with one attached hydrogen (secondary N) is 1. The molecule has 1 N–H and O–H groups in total. The first-order valence-corrected chi connectivity index (χ1v) is 7.62. The zero-order valence-electron chi connectivity index (χ0n) is 10.2. The lowest BCUT2D eigenvalue weighted by atomic mass is 10.1. The highest BCUT2D eigenvalue weighted by atomic mass is 32.2. The minimum absolute atomic E-state index is 0.233. The van der Waals surface area contributed by atoms with Gasteiger partial charge in [0.1, 0.15) is 5.76 Å². The summed E-state index contributed by atoms with van der Waals surface area (Å²) in [5, 5.41) is 3.20. The van der Waals surface area contributed by atoms with Crippen LogP contribution in [0.4, 0.5) is 0 Å². The fraction of sp³-hybridized carbons (Fsp3) is 0.727. The third kappa shape index (κ3) is 3.29. The fourth-order valence-electron chi connectivity index (χ4n) is 2.03. The second kappa shape index (κ2) is 4.78. The van der Waals surface area contributed by atoms with E-state index in [1.807, 2.05) is 13.8 Å². The summed E-state index contributed by atoms with van der Waals surface area (Å²) in [5.74, 6) is 2.38. The van der Waals surface area contributed by atoms with E-state index in [1.54, 1.807) is 0 Å². The van der Waals surface area contributed by atoms with Crippen LogP contribution in [0.15, 0.2) is 4.42 Å². The summed E-state index contributed by atoms with van der Waals surface area (Å²) in [4.78, 5) is 4.26. The molecule has 1 saturated heterocycles. The molecule has 0 aliphatic carbocycles. The molecule has 0 radical (unpaired) electrons. The minimum atomic E-state index is -2.77. The Balaban J connectivity index is 1.77. The van der Waals surface area contributed by atoms with Gasteiger partial charge in [0.25, 0.3) is 0 Å². The van der Waals surface area contributed by atoms with Crippen LogP contribution in [0.2, 0.25) is 0 Å². The predicted octanol–water partition coefficient (Wildman–Crippen LogP) is 0.816. The van der Waals surface area contributed by atoms with Gasteiger partial charge >= 0.3 is 0 Å². The van der Waals surface area contributed by atoms with Gasteiger partial charge < -0.3 is 9.73 Å². The lowest BCUT2D eigenvalue weighted by molar-refractivity contribution is 0.431. The van der Waals surface area contributed by atoms with Gasteiger partial charge in [0.2, 0.25) is 5.89 Å². The van der Waals surface area contributed by atoms with Crippen LogP contribution in [-0.2, 0) is 16.4 Å². The number of nitrogens with zero attached hydrogens (tertiary/aromatic N) is 1. The molecule has 1 aliphatic rings. The Bertz CT molecular complexity index is 473. The third-order valence-corrected chi connectivity index (χ3v) is 4.95. The monoisotopic (exact) mass is 258 g/mol. The molecule has 0 bridgehead atoms. The van der Waals surface area contributed by atoms with E-state index >= 15 is 0 Å². The normalized spacial score (nSPS) is 23.1. The van der Waals surface area contributed by atoms with Crippen LogP contribution in [0.5, 0.6) is 0 Å². The molecular formula is C11H18N2O3S. The Labute approximate surface area is 102 Å². The lowest BCUT2D eigenvalue weighted by Crippen LogP contribution is -2.23. The topological polar surface area (TPSA) is 72.2 Å². The van der Waals surface area contributed by atoms with Crippen molar-refractivity contribution in [2.45, 2.75) is 26.8 Å². The van der Waals surface area contributed by atoms with Crippen LogP contribution in [0, 0.1) is 19.8 Å². The molecule has 2 rings (SSSR count). The molecule has 0 aromatic carbocycles. The molecule has 2 heterocycles. The number of hydrogen-bond donors (Lipinski definition) is 1. The van der Waals surface area contributed by atoms with Crippen molar-refractivity contribution < 1.29 is 12.8 Å². The van der Waals surface area contributed by atoms with Crippen molar-refractivity contribution in [2.24, 2.45) is 5.92 Å². The summed E-state index contributed by atoms with van der Waals surface area (Å²) in [5.41, 5.74) is 0.908. The van der Waals surface area contributed by atoms with E-state index in [2.05, 4.69) is 10.3 Å². The third-order valence-electron chi connectivity index (χ3n) is 3.11. The van der Waals surface area contributed by atoms with Crippen LogP contribution >= 0.6 is 0 Å². The van der Waals surface area contributed by atoms with Crippen molar-refractivity contribution in [2.75, 3.05) is 18.1 Å². The Kier molecular flexibility index (Phi) is 3.53. The molecule has 0 saturated carbocycles. The quantitative estimate of drug-likeness (QED) is 0.865. The van der Waals surface area contributed by atoms with Crippen molar-refractivity contribution in [1.29, 1.82) is 0 Å². The molecule has 1 aromatic rings. The van der Waals surface area contributed by atoms with Gasteiger partial charge in [-0.05, 0) is 32.7 Å². The fourth-order valence-corrected chi connectivity index (χ4v) is 3.89. The maximum Gasteiger partial charge on any atom is 0.208 e. The van der Waals surface area contributed by atoms with Crippen LogP contribution < -0.4 is 5.32 Å². The Hall–Kier alpha value is -0.880. The van der Waals surface area contributed by atoms with Crippen molar-refractivity contribution in [3.63, 3.8) is 0 Å². The molecule has 6 heteroatoms. The van der Waals surface area contributed by atoms with Crippen LogP contribution in [0.1, 0.15) is 23.8 Å². The van der Waals surface area contributed by atoms with E-state index in [-0.39, 0.29) is 5.92 Å². The van der Waals surface area contributed by atoms with Gasteiger partial charge in [-0.2, -0.15) is 0 Å². The molecular weight excluding hydrogens is 240 g/mol. The molecule has 17 heavy (non-hydrogen) atoms. The molecule has 1 unspecified atom stereocenters. The summed E-state index contributed by atoms with van der Waals surface area (Å²) >= 11 is 0. The van der Waals surface area contributed by atoms with Crippen molar-refractivity contribution in [3.05, 3.63) is 17.3 Å². The van der Waals surface area contributed by atoms with Crippen molar-refractivity contribution >= 4 is 9.84 Å². The maximum atomic E-state index is 11.3. The van der Waals surface area contributed by atoms with Crippen molar-refractivity contribution in [3.8, 4) is 0 Å². The molecule has 0 spiro atoms. The molecule has 1 aliphatic heterocycles. The minimum Gasteiger partial charge on any atom is -0.444 e. The Morgan fingerprint density at radius 1 is 1.47 bits per heavy atom. The summed E-state index contributed by atoms with van der Waals surface area (Å²) in [6, 6.07) is 0. The van der Waals surface area contributed by atoms with Gasteiger partial charge in [-0.25, -0.2) is 13.4 Å². The van der Waals surface area contributed by atoms with Crippen LogP contribution in [0.25, 0.3) is 0 Å². The maximum absolute atomic E-state index is 11.3. The first kappa shape index (κ1) is 12.6. The number of aromatic nitrogens is 1. The number of sulfone groups is 1. The molecule has 0 amide bonds. The molecule has 5 nitrogen and oxygen atoms in total. The van der Waals surface area contributed by atoms with Crippen LogP contribution in [0.3, 0.4) is 0 Å². The smallest absolute Gasteiger partial charge is 0.208 e. The highest BCUT2D eigenvalue weighted by Gasteiger charge is 2.27. The van der Waals surface area contributed by atoms with E-state index in [0.29, 0.717) is 30.5 Å². The highest BCUT2D eigenvalue weighted by molar-refractivity contribution is 7.91. The SMILES string of the molecule is Cc1nc(CNCC2CCS(=O)(=O)C2)oc1C. The first-order valence-electron chi connectivity index (χ1n) is 5.80. The second-order valence-electron chi connectivity index (χ2n) is 4.65. The number of oxazole rings is 1. The van der Waals surface area contributed by atoms with E-state index in [1.165, 1.54) is 0 Å². The highest BCUT2D eigenvalue weighted by Crippen LogP contribution is 2.17. The van der Waals surface area contributed by atoms with Gasteiger partial charge in [-0.15, -0.1) is 0 Å². The van der Waals surface area contributed by atoms with E-state index in [0.717, 1.165) is 17.9 Å². The van der Waals surface area contributed by atoms with E-state index in [9.17, 15) is 8.42 Å². The average Bonchev–Trinajstić information content (AvgIpc) is 2.72. The standard InChI is InChI=1S/C11H18N2O3S/c1-8-9(2)16-11(13-8)6-12-5-10-3-4-17(14,15)7-10/h10,12H,3-7H2,1-2H3. The van der Waals surface area contributed by atoms with Crippen LogP contribution in [-0.4, -0.2) is 31.5 Å². The predicted molar refractivity (Wildman–Crippen MR) is 64.4 cm³/mol. The zero-order valence-corrected chi connectivity index (χ0v) is 11.0. The van der Waals surface area contributed by atoms with Crippen molar-refractivity contribution in [1.82, 2.24) is 10.3 Å². The zero-order chi connectivity index (χ0) is 12.5. The van der Waals surface area contributed by atoms with Gasteiger partial charge in [-0.3, -0.25) is 0 Å². The Morgan fingerprint density at radius 2 is 2.24 bits per heavy atom. The first-order chi connectivity index (χ1) is 7.96. The summed E-state index contributed by atoms with van der Waals surface area (Å²) in [7, 11) is -2.77. The largest absolute Gasteiger partial charge is 0.444 e. The summed E-state index contributed by atoms with van der Waals surface area (Å²) in [6.07, 6.45) is 0.763. The van der Waals surface area contributed by atoms with Gasteiger partial charge in [0, 0.05) is 0 Å². The number of rotatable bonds is 4. The summed E-state index contributed by atoms with van der Waals surface area (Å²) in [6.45, 7) is 5.06. The molecule has 96 valence electrons. The van der Waals surface area contributed by atoms with E-state index < -0.39 is 9.84 Å². The summed E-state index contributed by atoms with van der Waals surface area (Å²) < 4.78 is 28.0. The van der Waals surface area contributed by atoms with Gasteiger partial charge in [-0.1, -0.05) is 0 Å². The van der Waals surface area contributed by atoms with E-state index in [4.69, 9.17) is 4.42 Å².